The smallest absolute Gasteiger partial charge is 0.416 e. The molecule has 17 heavy (non-hydrogen) atoms. The monoisotopic (exact) mass is 266 g/mol. The molecule has 1 N–H and O–H groups in total. The van der Waals surface area contributed by atoms with Crippen LogP contribution in [0.4, 0.5) is 13.2 Å². The maximum absolute atomic E-state index is 11.9. The number of phenolic OH excluding ortho intramolecular Hbond substituents is 1. The molecule has 0 aromatic heterocycles. The third kappa shape index (κ3) is 11.2. The van der Waals surface area contributed by atoms with E-state index in [1.807, 2.05) is 0 Å². The highest BCUT2D eigenvalue weighted by Crippen LogP contribution is 2.30. The fourth-order valence-electron chi connectivity index (χ4n) is 0.682. The van der Waals surface area contributed by atoms with Gasteiger partial charge in [-0.1, -0.05) is 33.1 Å². The van der Waals surface area contributed by atoms with Crippen molar-refractivity contribution in [1.29, 1.82) is 0 Å². The Morgan fingerprint density at radius 1 is 1.18 bits per heavy atom. The summed E-state index contributed by atoms with van der Waals surface area (Å²) in [5.41, 5.74) is -0.836. The van der Waals surface area contributed by atoms with Crippen LogP contribution < -0.4 is 0 Å². The van der Waals surface area contributed by atoms with Crippen molar-refractivity contribution >= 4 is 15.2 Å². The molecule has 5 heteroatoms. The normalized spacial score (nSPS) is 9.82. The Balaban J connectivity index is 0. The molecular formula is C12H18F3OP. The van der Waals surface area contributed by atoms with Crippen LogP contribution >= 0.6 is 8.86 Å². The second-order valence-corrected chi connectivity index (χ2v) is 3.78. The Bertz CT molecular complexity index is 308. The topological polar surface area (TPSA) is 20.2 Å². The van der Waals surface area contributed by atoms with Crippen LogP contribution in [0.1, 0.15) is 26.3 Å². The summed E-state index contributed by atoms with van der Waals surface area (Å²) in [4.78, 5) is 0. The van der Waals surface area contributed by atoms with Crippen molar-refractivity contribution < 1.29 is 18.3 Å². The summed E-state index contributed by atoms with van der Waals surface area (Å²) in [5, 5.41) is 8.68. The van der Waals surface area contributed by atoms with Gasteiger partial charge in [-0.15, -0.1) is 8.86 Å². The van der Waals surface area contributed by atoms with Gasteiger partial charge >= 0.3 is 6.18 Å². The lowest BCUT2D eigenvalue weighted by molar-refractivity contribution is -0.137. The molecule has 0 saturated carbocycles. The van der Waals surface area contributed by atoms with Gasteiger partial charge in [0, 0.05) is 0 Å². The van der Waals surface area contributed by atoms with Gasteiger partial charge < -0.3 is 5.11 Å². The average molecular weight is 266 g/mol. The number of rotatable bonds is 0. The van der Waals surface area contributed by atoms with Crippen molar-refractivity contribution in [2.45, 2.75) is 26.9 Å². The van der Waals surface area contributed by atoms with Crippen LogP contribution in [0.3, 0.4) is 0 Å². The molecule has 0 unspecified atom stereocenters. The average Bonchev–Trinajstić information content (AvgIpc) is 2.18. The van der Waals surface area contributed by atoms with E-state index in [0.29, 0.717) is 6.07 Å². The number of alkyl halides is 3. The van der Waals surface area contributed by atoms with Crippen LogP contribution in [0.2, 0.25) is 0 Å². The first kappa shape index (κ1) is 18.3. The summed E-state index contributed by atoms with van der Waals surface area (Å²) in [6, 6.07) is 3.92. The second kappa shape index (κ2) is 9.06. The van der Waals surface area contributed by atoms with Crippen molar-refractivity contribution in [3.05, 3.63) is 29.8 Å². The SMILES string of the molecule is C=P.CC(C)C.Oc1cccc(C(F)(F)F)c1. The van der Waals surface area contributed by atoms with Crippen LogP contribution in [0.5, 0.6) is 5.75 Å². The zero-order valence-electron chi connectivity index (χ0n) is 10.2. The van der Waals surface area contributed by atoms with Crippen molar-refractivity contribution in [3.8, 4) is 5.75 Å². The van der Waals surface area contributed by atoms with Gasteiger partial charge in [-0.2, -0.15) is 13.2 Å². The van der Waals surface area contributed by atoms with Gasteiger partial charge in [-0.05, 0) is 24.1 Å². The molecule has 0 heterocycles. The van der Waals surface area contributed by atoms with Crippen LogP contribution in [0.25, 0.3) is 0 Å². The van der Waals surface area contributed by atoms with Gasteiger partial charge in [-0.25, -0.2) is 0 Å². The van der Waals surface area contributed by atoms with Crippen molar-refractivity contribution in [2.24, 2.45) is 5.92 Å². The van der Waals surface area contributed by atoms with E-state index < -0.39 is 11.7 Å². The molecule has 0 spiro atoms. The van der Waals surface area contributed by atoms with E-state index in [1.54, 1.807) is 0 Å². The van der Waals surface area contributed by atoms with E-state index in [0.717, 1.165) is 18.1 Å². The van der Waals surface area contributed by atoms with Gasteiger partial charge in [0.15, 0.2) is 0 Å². The van der Waals surface area contributed by atoms with Crippen molar-refractivity contribution in [1.82, 2.24) is 0 Å². The fraction of sp³-hybridized carbons (Fsp3) is 0.417. The molecule has 1 rings (SSSR count). The molecule has 0 atom stereocenters. The number of halogens is 3. The van der Waals surface area contributed by atoms with E-state index in [2.05, 4.69) is 35.9 Å². The lowest BCUT2D eigenvalue weighted by Gasteiger charge is -2.05. The predicted molar refractivity (Wildman–Crippen MR) is 69.1 cm³/mol. The molecule has 1 nitrogen and oxygen atoms in total. The number of hydrogen-bond acceptors (Lipinski definition) is 1. The Morgan fingerprint density at radius 2 is 1.59 bits per heavy atom. The summed E-state index contributed by atoms with van der Waals surface area (Å²) in [6.45, 7) is 6.50. The maximum Gasteiger partial charge on any atom is 0.416 e. The van der Waals surface area contributed by atoms with Crippen molar-refractivity contribution in [2.75, 3.05) is 0 Å². The van der Waals surface area contributed by atoms with Gasteiger partial charge in [0.2, 0.25) is 0 Å². The Morgan fingerprint density at radius 3 is 1.82 bits per heavy atom. The van der Waals surface area contributed by atoms with Crippen molar-refractivity contribution in [3.63, 3.8) is 0 Å². The lowest BCUT2D eigenvalue weighted by atomic mass is 10.2. The van der Waals surface area contributed by atoms with Gasteiger partial charge in [0.25, 0.3) is 0 Å². The first-order valence-corrected chi connectivity index (χ1v) is 5.65. The quantitative estimate of drug-likeness (QED) is 0.678. The highest BCUT2D eigenvalue weighted by atomic mass is 31.0. The third-order valence-corrected chi connectivity index (χ3v) is 1.17. The van der Waals surface area contributed by atoms with E-state index in [4.69, 9.17) is 5.11 Å². The zero-order chi connectivity index (χ0) is 14.1. The van der Waals surface area contributed by atoms with Crippen LogP contribution in [-0.4, -0.2) is 11.4 Å². The molecule has 0 fully saturated rings. The molecule has 0 aliphatic heterocycles. The lowest BCUT2D eigenvalue weighted by Crippen LogP contribution is -2.03. The van der Waals surface area contributed by atoms with Gasteiger partial charge in [0.1, 0.15) is 5.75 Å². The second-order valence-electron chi connectivity index (χ2n) is 3.78. The number of hydrogen-bond donors (Lipinski definition) is 1. The molecule has 1 aromatic rings. The summed E-state index contributed by atoms with van der Waals surface area (Å²) in [6.07, 6.45) is -1.32. The first-order chi connectivity index (χ1) is 7.73. The molecule has 1 aromatic carbocycles. The Kier molecular flexibility index (Phi) is 9.77. The highest BCUT2D eigenvalue weighted by molar-refractivity contribution is 7.15. The Labute approximate surface area is 103 Å². The molecule has 98 valence electrons. The molecule has 0 saturated heterocycles. The van der Waals surface area contributed by atoms with Gasteiger partial charge in [0.05, 0.1) is 5.56 Å². The first-order valence-electron chi connectivity index (χ1n) is 4.95. The largest absolute Gasteiger partial charge is 0.508 e. The summed E-state index contributed by atoms with van der Waals surface area (Å²) in [5.74, 6) is 0.458. The Hall–Kier alpha value is -1.02. The van der Waals surface area contributed by atoms with E-state index >= 15 is 0 Å². The molecule has 0 aliphatic rings. The summed E-state index contributed by atoms with van der Waals surface area (Å²) >= 11 is 0. The number of aromatic hydroxyl groups is 1. The molecule has 0 radical (unpaired) electrons. The van der Waals surface area contributed by atoms with Crippen LogP contribution in [-0.2, 0) is 6.18 Å². The molecule has 0 aliphatic carbocycles. The zero-order valence-corrected chi connectivity index (χ0v) is 11.2. The van der Waals surface area contributed by atoms with E-state index in [1.165, 1.54) is 6.07 Å². The van der Waals surface area contributed by atoms with Crippen LogP contribution in [0.15, 0.2) is 24.3 Å². The van der Waals surface area contributed by atoms with E-state index in [9.17, 15) is 13.2 Å². The standard InChI is InChI=1S/C7H5F3O.C4H10.CH3P/c8-7(9,10)5-2-1-3-6(11)4-5;1-4(2)3;1-2/h1-4,11H;4H,1-3H3;2H,1H2. The molecule has 0 amide bonds. The maximum atomic E-state index is 11.9. The summed E-state index contributed by atoms with van der Waals surface area (Å²) in [7, 11) is 2.72. The minimum atomic E-state index is -4.38. The number of phenols is 1. The number of benzene rings is 1. The third-order valence-electron chi connectivity index (χ3n) is 1.17. The van der Waals surface area contributed by atoms with Gasteiger partial charge in [-0.3, -0.25) is 0 Å². The minimum Gasteiger partial charge on any atom is -0.508 e. The highest BCUT2D eigenvalue weighted by Gasteiger charge is 2.30. The van der Waals surface area contributed by atoms with Crippen LogP contribution in [0, 0.1) is 5.92 Å². The molecular weight excluding hydrogens is 248 g/mol. The predicted octanol–water partition coefficient (Wildman–Crippen LogP) is 4.63. The minimum absolute atomic E-state index is 0.375. The molecule has 0 bridgehead atoms. The summed E-state index contributed by atoms with van der Waals surface area (Å²) < 4.78 is 35.6. The van der Waals surface area contributed by atoms with E-state index in [-0.39, 0.29) is 5.75 Å². The fourth-order valence-corrected chi connectivity index (χ4v) is 0.682.